The number of thiazole rings is 1. The van der Waals surface area contributed by atoms with Crippen LogP contribution < -0.4 is 0 Å². The largest absolute Gasteiger partial charge is 0.229 e. The standard InChI is InChI=1S/C15H17N5O2S3/c1-25(21,22)11-7-8-12-13(9-11)23-15(16-12)24-14-17-18-19-20(14)10-5-3-2-4-6-10/h7-10H,2-6H2,1H3. The zero-order valence-corrected chi connectivity index (χ0v) is 16.1. The first-order valence-corrected chi connectivity index (χ1v) is 11.6. The smallest absolute Gasteiger partial charge is 0.216 e. The van der Waals surface area contributed by atoms with Crippen molar-refractivity contribution < 1.29 is 8.42 Å². The molecule has 0 aliphatic heterocycles. The zero-order valence-electron chi connectivity index (χ0n) is 13.6. The van der Waals surface area contributed by atoms with Gasteiger partial charge in [-0.2, -0.15) is 0 Å². The van der Waals surface area contributed by atoms with Gasteiger partial charge in [0.25, 0.3) is 0 Å². The van der Waals surface area contributed by atoms with Crippen molar-refractivity contribution in [2.24, 2.45) is 0 Å². The van der Waals surface area contributed by atoms with E-state index in [0.717, 1.165) is 32.6 Å². The van der Waals surface area contributed by atoms with Gasteiger partial charge in [0.15, 0.2) is 14.2 Å². The van der Waals surface area contributed by atoms with E-state index in [1.54, 1.807) is 18.2 Å². The minimum atomic E-state index is -3.22. The lowest BCUT2D eigenvalue weighted by Gasteiger charge is -2.21. The quantitative estimate of drug-likeness (QED) is 0.669. The molecular formula is C15H17N5O2S3. The molecule has 0 amide bonds. The van der Waals surface area contributed by atoms with E-state index in [1.807, 2.05) is 4.68 Å². The first kappa shape index (κ1) is 16.9. The summed E-state index contributed by atoms with van der Waals surface area (Å²) in [5, 5.41) is 12.9. The molecule has 1 fully saturated rings. The molecule has 7 nitrogen and oxygen atoms in total. The second kappa shape index (κ2) is 6.65. The van der Waals surface area contributed by atoms with E-state index in [1.165, 1.54) is 48.6 Å². The fourth-order valence-electron chi connectivity index (χ4n) is 3.04. The van der Waals surface area contributed by atoms with Crippen molar-refractivity contribution >= 4 is 43.2 Å². The van der Waals surface area contributed by atoms with E-state index in [9.17, 15) is 8.42 Å². The Labute approximate surface area is 153 Å². The van der Waals surface area contributed by atoms with Gasteiger partial charge in [0, 0.05) is 6.26 Å². The Kier molecular flexibility index (Phi) is 4.50. The van der Waals surface area contributed by atoms with Crippen LogP contribution in [0, 0.1) is 0 Å². The number of sulfone groups is 1. The van der Waals surface area contributed by atoms with E-state index in [2.05, 4.69) is 20.5 Å². The maximum Gasteiger partial charge on any atom is 0.216 e. The normalized spacial score (nSPS) is 16.5. The highest BCUT2D eigenvalue weighted by atomic mass is 32.2. The van der Waals surface area contributed by atoms with Crippen LogP contribution in [0.2, 0.25) is 0 Å². The zero-order chi connectivity index (χ0) is 17.4. The highest BCUT2D eigenvalue weighted by molar-refractivity contribution is 8.01. The van der Waals surface area contributed by atoms with Gasteiger partial charge in [0.2, 0.25) is 5.16 Å². The summed E-state index contributed by atoms with van der Waals surface area (Å²) < 4.78 is 27.0. The molecule has 0 spiro atoms. The third kappa shape index (κ3) is 3.56. The van der Waals surface area contributed by atoms with E-state index in [-0.39, 0.29) is 0 Å². The van der Waals surface area contributed by atoms with Crippen molar-refractivity contribution in [2.45, 2.75) is 52.5 Å². The van der Waals surface area contributed by atoms with Crippen molar-refractivity contribution in [2.75, 3.05) is 6.26 Å². The average Bonchev–Trinajstić information content (AvgIpc) is 3.20. The molecule has 0 saturated heterocycles. The van der Waals surface area contributed by atoms with Crippen LogP contribution >= 0.6 is 23.1 Å². The first-order chi connectivity index (χ1) is 12.0. The number of hydrogen-bond acceptors (Lipinski definition) is 8. The lowest BCUT2D eigenvalue weighted by molar-refractivity contribution is 0.307. The van der Waals surface area contributed by atoms with Crippen molar-refractivity contribution in [3.8, 4) is 0 Å². The molecule has 2 heterocycles. The van der Waals surface area contributed by atoms with Crippen molar-refractivity contribution in [1.82, 2.24) is 25.2 Å². The fraction of sp³-hybridized carbons (Fsp3) is 0.467. The van der Waals surface area contributed by atoms with Gasteiger partial charge in [-0.1, -0.05) is 19.3 Å². The second-order valence-electron chi connectivity index (χ2n) is 6.18. The van der Waals surface area contributed by atoms with Crippen LogP contribution in [-0.4, -0.2) is 39.9 Å². The minimum Gasteiger partial charge on any atom is -0.229 e. The molecule has 1 aliphatic carbocycles. The maximum atomic E-state index is 11.7. The molecule has 25 heavy (non-hydrogen) atoms. The molecular weight excluding hydrogens is 378 g/mol. The number of nitrogens with zero attached hydrogens (tertiary/aromatic N) is 5. The van der Waals surface area contributed by atoms with Crippen molar-refractivity contribution in [1.29, 1.82) is 0 Å². The first-order valence-electron chi connectivity index (χ1n) is 8.07. The molecule has 10 heteroatoms. The van der Waals surface area contributed by atoms with E-state index in [0.29, 0.717) is 10.9 Å². The predicted octanol–water partition coefficient (Wildman–Crippen LogP) is 3.34. The van der Waals surface area contributed by atoms with Gasteiger partial charge in [-0.25, -0.2) is 18.1 Å². The summed E-state index contributed by atoms with van der Waals surface area (Å²) in [5.74, 6) is 0. The van der Waals surface area contributed by atoms with E-state index in [4.69, 9.17) is 0 Å². The topological polar surface area (TPSA) is 90.6 Å². The predicted molar refractivity (Wildman–Crippen MR) is 96.8 cm³/mol. The van der Waals surface area contributed by atoms with E-state index >= 15 is 0 Å². The number of rotatable bonds is 4. The average molecular weight is 396 g/mol. The minimum absolute atomic E-state index is 0.312. The van der Waals surface area contributed by atoms with Crippen LogP contribution in [0.5, 0.6) is 0 Å². The van der Waals surface area contributed by atoms with Crippen LogP contribution in [0.3, 0.4) is 0 Å². The Morgan fingerprint density at radius 3 is 2.80 bits per heavy atom. The monoisotopic (exact) mass is 395 g/mol. The molecule has 0 radical (unpaired) electrons. The van der Waals surface area contributed by atoms with Gasteiger partial charge >= 0.3 is 0 Å². The molecule has 0 bridgehead atoms. The Hall–Kier alpha value is -1.52. The Bertz CT molecular complexity index is 1010. The van der Waals surface area contributed by atoms with Gasteiger partial charge < -0.3 is 0 Å². The lowest BCUT2D eigenvalue weighted by Crippen LogP contribution is -2.15. The summed E-state index contributed by atoms with van der Waals surface area (Å²) in [6.07, 6.45) is 7.13. The highest BCUT2D eigenvalue weighted by Gasteiger charge is 2.21. The molecule has 1 aromatic carbocycles. The van der Waals surface area contributed by atoms with Crippen molar-refractivity contribution in [3.05, 3.63) is 18.2 Å². The fourth-order valence-corrected chi connectivity index (χ4v) is 5.82. The van der Waals surface area contributed by atoms with Crippen LogP contribution in [0.1, 0.15) is 38.1 Å². The summed E-state index contributed by atoms with van der Waals surface area (Å²) in [4.78, 5) is 4.89. The van der Waals surface area contributed by atoms with Gasteiger partial charge in [-0.3, -0.25) is 0 Å². The number of tetrazole rings is 1. The van der Waals surface area contributed by atoms with Crippen LogP contribution in [0.4, 0.5) is 0 Å². The van der Waals surface area contributed by atoms with Gasteiger partial charge in [-0.15, -0.1) is 16.4 Å². The van der Waals surface area contributed by atoms with Gasteiger partial charge in [-0.05, 0) is 53.2 Å². The third-order valence-corrected chi connectivity index (χ3v) is 7.47. The maximum absolute atomic E-state index is 11.7. The molecule has 3 aromatic rings. The molecule has 0 atom stereocenters. The van der Waals surface area contributed by atoms with Crippen LogP contribution in [0.25, 0.3) is 10.2 Å². The number of aromatic nitrogens is 5. The van der Waals surface area contributed by atoms with Crippen LogP contribution in [0.15, 0.2) is 32.6 Å². The van der Waals surface area contributed by atoms with Crippen LogP contribution in [-0.2, 0) is 9.84 Å². The summed E-state index contributed by atoms with van der Waals surface area (Å²) in [5.41, 5.74) is 0.789. The highest BCUT2D eigenvalue weighted by Crippen LogP contribution is 2.36. The molecule has 1 aliphatic rings. The second-order valence-corrected chi connectivity index (χ2v) is 10.4. The number of fused-ring (bicyclic) bond motifs is 1. The molecule has 132 valence electrons. The number of benzene rings is 1. The summed E-state index contributed by atoms with van der Waals surface area (Å²) in [7, 11) is -3.22. The molecule has 0 unspecified atom stereocenters. The molecule has 4 rings (SSSR count). The third-order valence-electron chi connectivity index (χ3n) is 4.33. The molecule has 2 aromatic heterocycles. The van der Waals surface area contributed by atoms with Gasteiger partial charge in [0.05, 0.1) is 21.2 Å². The Morgan fingerprint density at radius 1 is 1.24 bits per heavy atom. The van der Waals surface area contributed by atoms with Gasteiger partial charge in [0.1, 0.15) is 0 Å². The summed E-state index contributed by atoms with van der Waals surface area (Å²) in [6, 6.07) is 5.38. The lowest BCUT2D eigenvalue weighted by atomic mass is 9.96. The SMILES string of the molecule is CS(=O)(=O)c1ccc2nc(Sc3nnnn3C3CCCCC3)sc2c1. The summed E-state index contributed by atoms with van der Waals surface area (Å²) in [6.45, 7) is 0. The molecule has 0 N–H and O–H groups in total. The number of hydrogen-bond donors (Lipinski definition) is 0. The van der Waals surface area contributed by atoms with Crippen molar-refractivity contribution in [3.63, 3.8) is 0 Å². The Morgan fingerprint density at radius 2 is 2.04 bits per heavy atom. The summed E-state index contributed by atoms with van der Waals surface area (Å²) >= 11 is 2.90. The van der Waals surface area contributed by atoms with E-state index < -0.39 is 9.84 Å². The molecule has 1 saturated carbocycles. The Balaban J connectivity index is 1.62.